The molecule has 2 aromatic rings. The van der Waals surface area contributed by atoms with Gasteiger partial charge in [0, 0.05) is 6.54 Å². The maximum absolute atomic E-state index is 8.60. The summed E-state index contributed by atoms with van der Waals surface area (Å²) in [6.07, 6.45) is 0.227. The van der Waals surface area contributed by atoms with Gasteiger partial charge >= 0.3 is 6.08 Å². The summed E-state index contributed by atoms with van der Waals surface area (Å²) in [7, 11) is 1.49. The van der Waals surface area contributed by atoms with Crippen LogP contribution in [0.4, 0.5) is 0 Å². The summed E-state index contributed by atoms with van der Waals surface area (Å²) >= 11 is 0. The number of nitrogens with zero attached hydrogens (tertiary/aromatic N) is 1. The first-order valence-electron chi connectivity index (χ1n) is 4.14. The molecule has 0 aliphatic rings. The molecule has 0 saturated heterocycles. The molecule has 74 valence electrons. The summed E-state index contributed by atoms with van der Waals surface area (Å²) in [4.78, 5) is 4.11. The van der Waals surface area contributed by atoms with Gasteiger partial charge in [0.05, 0.1) is 7.11 Å². The quantitative estimate of drug-likeness (QED) is 0.721. The molecule has 1 aromatic heterocycles. The molecular formula is C9H10N2O3. The zero-order valence-corrected chi connectivity index (χ0v) is 7.65. The third kappa shape index (κ3) is 1.43. The van der Waals surface area contributed by atoms with Crippen LogP contribution in [0, 0.1) is 0 Å². The van der Waals surface area contributed by atoms with Crippen molar-refractivity contribution in [3.8, 4) is 6.08 Å². The summed E-state index contributed by atoms with van der Waals surface area (Å²) in [5, 5.41) is 8.60. The van der Waals surface area contributed by atoms with E-state index in [1.807, 2.05) is 12.1 Å². The van der Waals surface area contributed by atoms with Crippen molar-refractivity contribution in [1.82, 2.24) is 10.5 Å². The molecule has 14 heavy (non-hydrogen) atoms. The van der Waals surface area contributed by atoms with E-state index in [-0.39, 0.29) is 6.08 Å². The van der Waals surface area contributed by atoms with Crippen LogP contribution in [-0.4, -0.2) is 17.3 Å². The molecule has 0 bridgehead atoms. The molecule has 0 aliphatic heterocycles. The number of benzene rings is 1. The van der Waals surface area contributed by atoms with Crippen LogP contribution in [0.1, 0.15) is 5.56 Å². The lowest BCUT2D eigenvalue weighted by Crippen LogP contribution is -2.06. The minimum atomic E-state index is 0.227. The maximum atomic E-state index is 8.60. The first-order chi connectivity index (χ1) is 6.85. The highest BCUT2D eigenvalue weighted by Gasteiger charge is 2.08. The van der Waals surface area contributed by atoms with Gasteiger partial charge in [-0.15, -0.1) is 0 Å². The standard InChI is InChI=1S/C9H10N2O3/c1-13-9-11-8-6(5-10-12)3-2-4-7(8)14-9/h2-4,10,12H,5H2,1H3. The molecule has 0 unspecified atom stereocenters. The summed E-state index contributed by atoms with van der Waals surface area (Å²) in [6.45, 7) is 0.326. The largest absolute Gasteiger partial charge is 0.453 e. The fourth-order valence-corrected chi connectivity index (χ4v) is 1.30. The molecule has 0 saturated carbocycles. The van der Waals surface area contributed by atoms with Gasteiger partial charge in [-0.05, 0) is 11.6 Å². The number of rotatable bonds is 3. The lowest BCUT2D eigenvalue weighted by Gasteiger charge is -1.97. The molecule has 5 nitrogen and oxygen atoms in total. The van der Waals surface area contributed by atoms with Gasteiger partial charge in [-0.2, -0.15) is 4.98 Å². The number of oxazole rings is 1. The first kappa shape index (κ1) is 8.98. The first-order valence-corrected chi connectivity index (χ1v) is 4.14. The Hall–Kier alpha value is -1.59. The minimum absolute atomic E-state index is 0.227. The molecule has 0 radical (unpaired) electrons. The van der Waals surface area contributed by atoms with E-state index in [0.29, 0.717) is 17.6 Å². The highest BCUT2D eigenvalue weighted by Crippen LogP contribution is 2.23. The molecule has 0 atom stereocenters. The molecule has 0 fully saturated rings. The molecule has 0 aliphatic carbocycles. The second kappa shape index (κ2) is 3.65. The summed E-state index contributed by atoms with van der Waals surface area (Å²) < 4.78 is 10.1. The van der Waals surface area contributed by atoms with Gasteiger partial charge in [-0.25, -0.2) is 5.48 Å². The van der Waals surface area contributed by atoms with Crippen molar-refractivity contribution in [2.75, 3.05) is 7.11 Å². The third-order valence-corrected chi connectivity index (χ3v) is 1.93. The van der Waals surface area contributed by atoms with E-state index >= 15 is 0 Å². The number of ether oxygens (including phenoxy) is 1. The van der Waals surface area contributed by atoms with Crippen molar-refractivity contribution in [1.29, 1.82) is 0 Å². The van der Waals surface area contributed by atoms with Gasteiger partial charge in [-0.1, -0.05) is 12.1 Å². The highest BCUT2D eigenvalue weighted by atomic mass is 16.6. The van der Waals surface area contributed by atoms with Gasteiger partial charge in [0.1, 0.15) is 5.52 Å². The van der Waals surface area contributed by atoms with Crippen molar-refractivity contribution < 1.29 is 14.4 Å². The van der Waals surface area contributed by atoms with E-state index in [4.69, 9.17) is 14.4 Å². The Morgan fingerprint density at radius 2 is 2.43 bits per heavy atom. The van der Waals surface area contributed by atoms with E-state index in [2.05, 4.69) is 10.5 Å². The Morgan fingerprint density at radius 1 is 1.57 bits per heavy atom. The molecule has 0 amide bonds. The third-order valence-electron chi connectivity index (χ3n) is 1.93. The Morgan fingerprint density at radius 3 is 3.14 bits per heavy atom. The Labute approximate surface area is 80.3 Å². The molecule has 1 heterocycles. The zero-order chi connectivity index (χ0) is 9.97. The molecule has 1 aromatic carbocycles. The molecule has 2 rings (SSSR count). The number of hydrogen-bond acceptors (Lipinski definition) is 5. The Balaban J connectivity index is 2.55. The average Bonchev–Trinajstić information content (AvgIpc) is 2.62. The molecular weight excluding hydrogens is 184 g/mol. The number of aromatic nitrogens is 1. The van der Waals surface area contributed by atoms with Gasteiger partial charge in [0.25, 0.3) is 0 Å². The second-order valence-electron chi connectivity index (χ2n) is 2.78. The van der Waals surface area contributed by atoms with Crippen LogP contribution in [0.5, 0.6) is 6.08 Å². The van der Waals surface area contributed by atoms with Crippen molar-refractivity contribution in [3.63, 3.8) is 0 Å². The fourth-order valence-electron chi connectivity index (χ4n) is 1.30. The van der Waals surface area contributed by atoms with E-state index in [1.165, 1.54) is 7.11 Å². The van der Waals surface area contributed by atoms with Crippen LogP contribution in [-0.2, 0) is 6.54 Å². The SMILES string of the molecule is COc1nc2c(CNO)cccc2o1. The van der Waals surface area contributed by atoms with Crippen LogP contribution in [0.25, 0.3) is 11.1 Å². The normalized spacial score (nSPS) is 10.7. The van der Waals surface area contributed by atoms with E-state index in [1.54, 1.807) is 6.07 Å². The number of nitrogens with one attached hydrogen (secondary N) is 1. The number of fused-ring (bicyclic) bond motifs is 1. The predicted octanol–water partition coefficient (Wildman–Crippen LogP) is 1.32. The Kier molecular flexibility index (Phi) is 2.34. The van der Waals surface area contributed by atoms with Crippen molar-refractivity contribution >= 4 is 11.1 Å². The fraction of sp³-hybridized carbons (Fsp3) is 0.222. The smallest absolute Gasteiger partial charge is 0.394 e. The van der Waals surface area contributed by atoms with Crippen molar-refractivity contribution in [2.24, 2.45) is 0 Å². The lowest BCUT2D eigenvalue weighted by atomic mass is 10.2. The summed E-state index contributed by atoms with van der Waals surface area (Å²) in [5.74, 6) is 0. The van der Waals surface area contributed by atoms with Crippen LogP contribution in [0.2, 0.25) is 0 Å². The predicted molar refractivity (Wildman–Crippen MR) is 49.2 cm³/mol. The van der Waals surface area contributed by atoms with Crippen LogP contribution < -0.4 is 10.2 Å². The summed E-state index contributed by atoms with van der Waals surface area (Å²) in [6, 6.07) is 5.48. The number of para-hydroxylation sites is 1. The van der Waals surface area contributed by atoms with Gasteiger partial charge in [-0.3, -0.25) is 0 Å². The molecule has 2 N–H and O–H groups in total. The van der Waals surface area contributed by atoms with Gasteiger partial charge in [0.15, 0.2) is 5.58 Å². The average molecular weight is 194 g/mol. The van der Waals surface area contributed by atoms with Crippen LogP contribution in [0.3, 0.4) is 0 Å². The highest BCUT2D eigenvalue weighted by molar-refractivity contribution is 5.76. The Bertz CT molecular complexity index is 439. The number of hydrogen-bond donors (Lipinski definition) is 2. The summed E-state index contributed by atoms with van der Waals surface area (Å²) in [5.41, 5.74) is 4.29. The second-order valence-corrected chi connectivity index (χ2v) is 2.78. The monoisotopic (exact) mass is 194 g/mol. The van der Waals surface area contributed by atoms with E-state index in [9.17, 15) is 0 Å². The topological polar surface area (TPSA) is 67.5 Å². The number of methoxy groups -OCH3 is 1. The minimum Gasteiger partial charge on any atom is -0.453 e. The van der Waals surface area contributed by atoms with Gasteiger partial charge in [0.2, 0.25) is 0 Å². The van der Waals surface area contributed by atoms with Gasteiger partial charge < -0.3 is 14.4 Å². The number of hydroxylamine groups is 1. The van der Waals surface area contributed by atoms with Crippen molar-refractivity contribution in [2.45, 2.75) is 6.54 Å². The molecule has 0 spiro atoms. The lowest BCUT2D eigenvalue weighted by molar-refractivity contribution is 0.161. The van der Waals surface area contributed by atoms with Crippen LogP contribution >= 0.6 is 0 Å². The van der Waals surface area contributed by atoms with Crippen molar-refractivity contribution in [3.05, 3.63) is 23.8 Å². The van der Waals surface area contributed by atoms with Crippen LogP contribution in [0.15, 0.2) is 22.6 Å². The maximum Gasteiger partial charge on any atom is 0.394 e. The van der Waals surface area contributed by atoms with E-state index < -0.39 is 0 Å². The zero-order valence-electron chi connectivity index (χ0n) is 7.65. The molecule has 5 heteroatoms. The van der Waals surface area contributed by atoms with E-state index in [0.717, 1.165) is 5.56 Å².